The van der Waals surface area contributed by atoms with E-state index in [1.165, 1.54) is 0 Å². The highest BCUT2D eigenvalue weighted by molar-refractivity contribution is 5.74. The van der Waals surface area contributed by atoms with E-state index in [0.717, 1.165) is 24.3 Å². The normalized spacial score (nSPS) is 11.0. The standard InChI is InChI=1S/C16H14F3NO3/c1-2-15(21)20(22-13-6-4-3-5-7-13)23-14-10-8-12(9-11-14)16(17,18)19/h3-11H,2H2,1H3. The van der Waals surface area contributed by atoms with Gasteiger partial charge in [-0.15, -0.1) is 0 Å². The molecule has 0 spiro atoms. The number of para-hydroxylation sites is 1. The maximum absolute atomic E-state index is 12.5. The molecule has 4 nitrogen and oxygen atoms in total. The predicted molar refractivity (Wildman–Crippen MR) is 76.3 cm³/mol. The van der Waals surface area contributed by atoms with Gasteiger partial charge in [0.2, 0.25) is 0 Å². The van der Waals surface area contributed by atoms with Crippen LogP contribution in [0, 0.1) is 0 Å². The molecule has 0 aromatic heterocycles. The molecule has 2 aromatic rings. The second-order valence-electron chi connectivity index (χ2n) is 4.52. The second-order valence-corrected chi connectivity index (χ2v) is 4.52. The fourth-order valence-corrected chi connectivity index (χ4v) is 1.63. The largest absolute Gasteiger partial charge is 0.416 e. The van der Waals surface area contributed by atoms with Crippen LogP contribution in [0.3, 0.4) is 0 Å². The minimum Gasteiger partial charge on any atom is -0.343 e. The zero-order valence-corrected chi connectivity index (χ0v) is 12.2. The summed E-state index contributed by atoms with van der Waals surface area (Å²) in [5.74, 6) is -0.0642. The highest BCUT2D eigenvalue weighted by atomic mass is 19.4. The number of amides is 1. The van der Waals surface area contributed by atoms with Crippen molar-refractivity contribution in [1.82, 2.24) is 5.23 Å². The van der Waals surface area contributed by atoms with Crippen LogP contribution in [0.25, 0.3) is 0 Å². The van der Waals surface area contributed by atoms with E-state index in [1.54, 1.807) is 37.3 Å². The summed E-state index contributed by atoms with van der Waals surface area (Å²) in [5.41, 5.74) is -0.804. The molecule has 0 N–H and O–H groups in total. The zero-order valence-electron chi connectivity index (χ0n) is 12.2. The molecule has 0 bridgehead atoms. The van der Waals surface area contributed by atoms with Gasteiger partial charge in [-0.05, 0) is 36.4 Å². The molecular weight excluding hydrogens is 311 g/mol. The first-order chi connectivity index (χ1) is 10.9. The smallest absolute Gasteiger partial charge is 0.343 e. The Morgan fingerprint density at radius 2 is 1.48 bits per heavy atom. The van der Waals surface area contributed by atoms with Crippen LogP contribution in [0.15, 0.2) is 54.6 Å². The van der Waals surface area contributed by atoms with E-state index < -0.39 is 17.6 Å². The summed E-state index contributed by atoms with van der Waals surface area (Å²) in [6.07, 6.45) is -4.33. The predicted octanol–water partition coefficient (Wildman–Crippen LogP) is 4.23. The van der Waals surface area contributed by atoms with E-state index in [0.29, 0.717) is 11.0 Å². The van der Waals surface area contributed by atoms with Crippen molar-refractivity contribution in [2.45, 2.75) is 19.5 Å². The highest BCUT2D eigenvalue weighted by Gasteiger charge is 2.30. The molecule has 0 saturated carbocycles. The third-order valence-electron chi connectivity index (χ3n) is 2.81. The van der Waals surface area contributed by atoms with Crippen molar-refractivity contribution in [1.29, 1.82) is 0 Å². The number of alkyl halides is 3. The maximum Gasteiger partial charge on any atom is 0.416 e. The van der Waals surface area contributed by atoms with Crippen LogP contribution >= 0.6 is 0 Å². The summed E-state index contributed by atoms with van der Waals surface area (Å²) in [4.78, 5) is 22.4. The molecular formula is C16H14F3NO3. The van der Waals surface area contributed by atoms with Crippen LogP contribution in [-0.4, -0.2) is 11.1 Å². The lowest BCUT2D eigenvalue weighted by Crippen LogP contribution is -2.36. The van der Waals surface area contributed by atoms with Crippen LogP contribution in [0.4, 0.5) is 13.2 Å². The van der Waals surface area contributed by atoms with Gasteiger partial charge in [0, 0.05) is 11.6 Å². The van der Waals surface area contributed by atoms with Crippen molar-refractivity contribution >= 4 is 5.91 Å². The number of hydrogen-bond acceptors (Lipinski definition) is 3. The van der Waals surface area contributed by atoms with Gasteiger partial charge in [-0.3, -0.25) is 4.79 Å². The van der Waals surface area contributed by atoms with E-state index in [1.807, 2.05) is 0 Å². The van der Waals surface area contributed by atoms with Crippen LogP contribution in [-0.2, 0) is 11.0 Å². The molecule has 0 aliphatic carbocycles. The summed E-state index contributed by atoms with van der Waals surface area (Å²) in [6.45, 7) is 1.61. The fraction of sp³-hybridized carbons (Fsp3) is 0.188. The molecule has 0 unspecified atom stereocenters. The Balaban J connectivity index is 2.13. The van der Waals surface area contributed by atoms with Gasteiger partial charge >= 0.3 is 6.18 Å². The lowest BCUT2D eigenvalue weighted by atomic mass is 10.2. The van der Waals surface area contributed by atoms with Crippen molar-refractivity contribution in [3.8, 4) is 11.5 Å². The average molecular weight is 325 g/mol. The molecule has 0 saturated heterocycles. The van der Waals surface area contributed by atoms with Crippen molar-refractivity contribution in [3.63, 3.8) is 0 Å². The van der Waals surface area contributed by atoms with Crippen LogP contribution in [0.1, 0.15) is 18.9 Å². The van der Waals surface area contributed by atoms with Gasteiger partial charge in [0.25, 0.3) is 5.91 Å². The molecule has 122 valence electrons. The van der Waals surface area contributed by atoms with E-state index in [2.05, 4.69) is 0 Å². The van der Waals surface area contributed by atoms with Crippen molar-refractivity contribution in [2.75, 3.05) is 0 Å². The Bertz CT molecular complexity index is 642. The zero-order chi connectivity index (χ0) is 16.9. The lowest BCUT2D eigenvalue weighted by molar-refractivity contribution is -0.245. The van der Waals surface area contributed by atoms with E-state index in [9.17, 15) is 18.0 Å². The summed E-state index contributed by atoms with van der Waals surface area (Å²) in [5, 5.41) is 0.651. The Labute approximate surface area is 131 Å². The van der Waals surface area contributed by atoms with Gasteiger partial charge < -0.3 is 9.68 Å². The topological polar surface area (TPSA) is 38.8 Å². The van der Waals surface area contributed by atoms with Crippen molar-refractivity contribution in [2.24, 2.45) is 0 Å². The van der Waals surface area contributed by atoms with Crippen molar-refractivity contribution < 1.29 is 27.6 Å². The van der Waals surface area contributed by atoms with Crippen LogP contribution < -0.4 is 9.68 Å². The molecule has 0 atom stereocenters. The van der Waals surface area contributed by atoms with Gasteiger partial charge in [0.05, 0.1) is 5.56 Å². The van der Waals surface area contributed by atoms with Gasteiger partial charge in [0.1, 0.15) is 0 Å². The first-order valence-corrected chi connectivity index (χ1v) is 6.81. The quantitative estimate of drug-likeness (QED) is 0.772. The molecule has 0 aliphatic heterocycles. The van der Waals surface area contributed by atoms with Gasteiger partial charge in [-0.2, -0.15) is 13.2 Å². The molecule has 0 fully saturated rings. The Morgan fingerprint density at radius 1 is 0.957 bits per heavy atom. The molecule has 2 rings (SSSR count). The third kappa shape index (κ3) is 4.64. The number of hydroxylamine groups is 2. The molecule has 0 heterocycles. The number of benzene rings is 2. The first-order valence-electron chi connectivity index (χ1n) is 6.81. The van der Waals surface area contributed by atoms with Crippen molar-refractivity contribution in [3.05, 3.63) is 60.2 Å². The second kappa shape index (κ2) is 7.04. The monoisotopic (exact) mass is 325 g/mol. The van der Waals surface area contributed by atoms with Gasteiger partial charge in [0.15, 0.2) is 11.5 Å². The Kier molecular flexibility index (Phi) is 5.10. The number of carbonyl (C=O) groups is 1. The summed E-state index contributed by atoms with van der Waals surface area (Å²) < 4.78 is 37.6. The number of hydrogen-bond donors (Lipinski definition) is 0. The summed E-state index contributed by atoms with van der Waals surface area (Å²) in [7, 11) is 0. The van der Waals surface area contributed by atoms with E-state index >= 15 is 0 Å². The number of halogens is 3. The molecule has 7 heteroatoms. The van der Waals surface area contributed by atoms with Gasteiger partial charge in [-0.25, -0.2) is 0 Å². The van der Waals surface area contributed by atoms with E-state index in [4.69, 9.17) is 9.68 Å². The first kappa shape index (κ1) is 16.7. The highest BCUT2D eigenvalue weighted by Crippen LogP contribution is 2.30. The molecule has 2 aromatic carbocycles. The number of nitrogens with zero attached hydrogens (tertiary/aromatic N) is 1. The Morgan fingerprint density at radius 3 is 1.96 bits per heavy atom. The van der Waals surface area contributed by atoms with E-state index in [-0.39, 0.29) is 12.2 Å². The summed E-state index contributed by atoms with van der Waals surface area (Å²) in [6, 6.07) is 12.4. The van der Waals surface area contributed by atoms with Crippen LogP contribution in [0.5, 0.6) is 11.5 Å². The molecule has 0 aliphatic rings. The SMILES string of the molecule is CCC(=O)N(Oc1ccccc1)Oc1ccc(C(F)(F)F)cc1. The lowest BCUT2D eigenvalue weighted by Gasteiger charge is -2.21. The third-order valence-corrected chi connectivity index (χ3v) is 2.81. The minimum atomic E-state index is -4.43. The number of rotatable bonds is 5. The fourth-order valence-electron chi connectivity index (χ4n) is 1.63. The number of carbonyl (C=O) groups excluding carboxylic acids is 1. The molecule has 23 heavy (non-hydrogen) atoms. The molecule has 1 amide bonds. The average Bonchev–Trinajstić information content (AvgIpc) is 2.54. The minimum absolute atomic E-state index is 0.0516. The molecule has 0 radical (unpaired) electrons. The Hall–Kier alpha value is -2.70. The maximum atomic E-state index is 12.5. The summed E-state index contributed by atoms with van der Waals surface area (Å²) >= 11 is 0. The van der Waals surface area contributed by atoms with Crippen LogP contribution in [0.2, 0.25) is 0 Å². The van der Waals surface area contributed by atoms with Gasteiger partial charge in [-0.1, -0.05) is 25.1 Å².